The Morgan fingerprint density at radius 1 is 0.338 bits per heavy atom. The van der Waals surface area contributed by atoms with E-state index >= 15 is 0 Å². The molecule has 0 heterocycles. The van der Waals surface area contributed by atoms with Gasteiger partial charge in [0.15, 0.2) is 6.10 Å². The smallest absolute Gasteiger partial charge is 0.306 e. The van der Waals surface area contributed by atoms with Gasteiger partial charge < -0.3 is 14.2 Å². The monoisotopic (exact) mass is 895 g/mol. The molecule has 0 aromatic rings. The molecule has 0 spiro atoms. The van der Waals surface area contributed by atoms with Gasteiger partial charge in [0.05, 0.1) is 0 Å². The summed E-state index contributed by atoms with van der Waals surface area (Å²) in [6.45, 7) is 6.22. The van der Waals surface area contributed by atoms with Crippen molar-refractivity contribution in [1.29, 1.82) is 0 Å². The molecule has 0 fully saturated rings. The second-order valence-corrected chi connectivity index (χ2v) is 16.2. The molecule has 0 aromatic carbocycles. The van der Waals surface area contributed by atoms with Crippen LogP contribution in [0, 0.1) is 0 Å². The van der Waals surface area contributed by atoms with E-state index in [-0.39, 0.29) is 44.0 Å². The summed E-state index contributed by atoms with van der Waals surface area (Å²) in [5.41, 5.74) is 0. The quantitative estimate of drug-likeness (QED) is 0.0199. The van der Waals surface area contributed by atoms with Crippen LogP contribution >= 0.6 is 0 Å². The number of esters is 3. The average molecular weight is 895 g/mol. The Balaban J connectivity index is 4.58. The van der Waals surface area contributed by atoms with Crippen LogP contribution in [-0.2, 0) is 28.6 Å². The van der Waals surface area contributed by atoms with Crippen molar-refractivity contribution >= 4 is 17.9 Å². The lowest BCUT2D eigenvalue weighted by Gasteiger charge is -2.18. The van der Waals surface area contributed by atoms with Gasteiger partial charge >= 0.3 is 17.9 Å². The van der Waals surface area contributed by atoms with Gasteiger partial charge in [-0.1, -0.05) is 224 Å². The number of allylic oxidation sites excluding steroid dienone is 24. The number of unbranched alkanes of at least 4 members (excludes halogenated alkanes) is 15. The van der Waals surface area contributed by atoms with Crippen molar-refractivity contribution in [3.63, 3.8) is 0 Å². The van der Waals surface area contributed by atoms with E-state index in [4.69, 9.17) is 14.2 Å². The Labute approximate surface area is 397 Å². The standard InChI is InChI=1S/C59H90O6/c1-4-7-10-13-16-19-22-25-27-29-30-32-34-37-40-43-46-49-52-58(61)64-55-56(54-63-57(60)51-48-45-42-39-36-33-24-21-18-15-12-9-6-3)65-59(62)53-50-47-44-41-38-35-31-28-26-23-20-17-14-11-8-5-2/h8-9,11-12,15-22,24-30,32-33,36,39,42,56H,4-7,10,13-14,23,31,34-35,37-38,40-41,43-55H2,1-3H3/b11-8-,12-9-,18-15-,19-16-,20-17-,24-21-,25-22-,28-26-,29-27-,32-30-,36-33-,42-39-. The van der Waals surface area contributed by atoms with Crippen molar-refractivity contribution in [2.45, 2.75) is 194 Å². The van der Waals surface area contributed by atoms with Gasteiger partial charge in [0.2, 0.25) is 0 Å². The highest BCUT2D eigenvalue weighted by Gasteiger charge is 2.19. The number of carbonyl (C=O) groups excluding carboxylic acids is 3. The molecule has 0 amide bonds. The zero-order valence-corrected chi connectivity index (χ0v) is 41.2. The molecule has 0 rings (SSSR count). The topological polar surface area (TPSA) is 78.9 Å². The summed E-state index contributed by atoms with van der Waals surface area (Å²) in [5, 5.41) is 0. The highest BCUT2D eigenvalue weighted by molar-refractivity contribution is 5.71. The minimum Gasteiger partial charge on any atom is -0.462 e. The molecule has 0 aliphatic carbocycles. The van der Waals surface area contributed by atoms with E-state index < -0.39 is 6.10 Å². The molecule has 362 valence electrons. The second kappa shape index (κ2) is 51.9. The highest BCUT2D eigenvalue weighted by Crippen LogP contribution is 2.12. The number of hydrogen-bond donors (Lipinski definition) is 0. The van der Waals surface area contributed by atoms with E-state index in [1.165, 1.54) is 32.1 Å². The Morgan fingerprint density at radius 3 is 1.18 bits per heavy atom. The minimum absolute atomic E-state index is 0.125. The molecule has 0 N–H and O–H groups in total. The number of ether oxygens (including phenoxy) is 3. The average Bonchev–Trinajstić information content (AvgIpc) is 3.30. The Hall–Kier alpha value is -4.71. The minimum atomic E-state index is -0.830. The molecule has 0 radical (unpaired) electrons. The summed E-state index contributed by atoms with van der Waals surface area (Å²) in [6.07, 6.45) is 74.0. The summed E-state index contributed by atoms with van der Waals surface area (Å²) < 4.78 is 16.7. The fourth-order valence-corrected chi connectivity index (χ4v) is 6.26. The molecular formula is C59H90O6. The van der Waals surface area contributed by atoms with Crippen LogP contribution in [-0.4, -0.2) is 37.2 Å². The van der Waals surface area contributed by atoms with Crippen LogP contribution in [0.15, 0.2) is 146 Å². The lowest BCUT2D eigenvalue weighted by molar-refractivity contribution is -0.167. The van der Waals surface area contributed by atoms with Crippen LogP contribution in [0.3, 0.4) is 0 Å². The zero-order valence-electron chi connectivity index (χ0n) is 41.2. The number of carbonyl (C=O) groups is 3. The van der Waals surface area contributed by atoms with Crippen LogP contribution < -0.4 is 0 Å². The predicted octanol–water partition coefficient (Wildman–Crippen LogP) is 16.9. The van der Waals surface area contributed by atoms with Crippen molar-refractivity contribution in [1.82, 2.24) is 0 Å². The van der Waals surface area contributed by atoms with Crippen molar-refractivity contribution in [2.75, 3.05) is 13.2 Å². The molecule has 6 heteroatoms. The SMILES string of the molecule is CC\C=C/C=C\C=C/C=C\C=C/CCCC(=O)OCC(COC(=O)CCCCCCC\C=C/C=C\C=C/C=C\CCCCC)OC(=O)CCCCCCCC/C=C\C/C=C\C/C=C\CC. The first-order chi connectivity index (χ1) is 32.0. The lowest BCUT2D eigenvalue weighted by atomic mass is 10.1. The summed E-state index contributed by atoms with van der Waals surface area (Å²) in [5.74, 6) is -1.05. The van der Waals surface area contributed by atoms with E-state index in [1.807, 2.05) is 54.7 Å². The summed E-state index contributed by atoms with van der Waals surface area (Å²) >= 11 is 0. The van der Waals surface area contributed by atoms with Crippen LogP contribution in [0.5, 0.6) is 0 Å². The van der Waals surface area contributed by atoms with E-state index in [9.17, 15) is 14.4 Å². The molecule has 0 bridgehead atoms. The molecular weight excluding hydrogens is 805 g/mol. The van der Waals surface area contributed by atoms with Gasteiger partial charge in [0.25, 0.3) is 0 Å². The van der Waals surface area contributed by atoms with Gasteiger partial charge in [-0.3, -0.25) is 14.4 Å². The summed E-state index contributed by atoms with van der Waals surface area (Å²) in [6, 6.07) is 0. The van der Waals surface area contributed by atoms with E-state index in [1.54, 1.807) is 0 Å². The largest absolute Gasteiger partial charge is 0.462 e. The van der Waals surface area contributed by atoms with E-state index in [2.05, 4.69) is 112 Å². The second-order valence-electron chi connectivity index (χ2n) is 16.2. The maximum absolute atomic E-state index is 12.8. The summed E-state index contributed by atoms with van der Waals surface area (Å²) in [4.78, 5) is 38.0. The van der Waals surface area contributed by atoms with Crippen LogP contribution in [0.4, 0.5) is 0 Å². The van der Waals surface area contributed by atoms with Crippen molar-refractivity contribution in [3.8, 4) is 0 Å². The lowest BCUT2D eigenvalue weighted by Crippen LogP contribution is -2.30. The third-order valence-electron chi connectivity index (χ3n) is 10.0. The fourth-order valence-electron chi connectivity index (χ4n) is 6.26. The molecule has 0 aromatic heterocycles. The molecule has 1 atom stereocenters. The molecule has 0 saturated heterocycles. The number of rotatable bonds is 43. The molecule has 0 saturated carbocycles. The Kier molecular flexibility index (Phi) is 48.2. The first-order valence-corrected chi connectivity index (χ1v) is 25.5. The van der Waals surface area contributed by atoms with E-state index in [0.29, 0.717) is 12.8 Å². The first kappa shape index (κ1) is 60.3. The third kappa shape index (κ3) is 50.2. The van der Waals surface area contributed by atoms with Gasteiger partial charge in [0, 0.05) is 19.3 Å². The van der Waals surface area contributed by atoms with E-state index in [0.717, 1.165) is 109 Å². The molecule has 0 aliphatic rings. The molecule has 6 nitrogen and oxygen atoms in total. The third-order valence-corrected chi connectivity index (χ3v) is 10.0. The van der Waals surface area contributed by atoms with Crippen LogP contribution in [0.1, 0.15) is 188 Å². The van der Waals surface area contributed by atoms with Crippen LogP contribution in [0.25, 0.3) is 0 Å². The maximum Gasteiger partial charge on any atom is 0.306 e. The fraction of sp³-hybridized carbons (Fsp3) is 0.542. The van der Waals surface area contributed by atoms with Crippen molar-refractivity contribution in [2.24, 2.45) is 0 Å². The van der Waals surface area contributed by atoms with Gasteiger partial charge in [-0.25, -0.2) is 0 Å². The van der Waals surface area contributed by atoms with Crippen molar-refractivity contribution in [3.05, 3.63) is 146 Å². The van der Waals surface area contributed by atoms with Crippen LogP contribution in [0.2, 0.25) is 0 Å². The molecule has 0 aliphatic heterocycles. The van der Waals surface area contributed by atoms with Crippen molar-refractivity contribution < 1.29 is 28.6 Å². The zero-order chi connectivity index (χ0) is 47.2. The molecule has 1 unspecified atom stereocenters. The summed E-state index contributed by atoms with van der Waals surface area (Å²) in [7, 11) is 0. The Morgan fingerprint density at radius 2 is 0.692 bits per heavy atom. The highest BCUT2D eigenvalue weighted by atomic mass is 16.6. The molecule has 65 heavy (non-hydrogen) atoms. The Bertz CT molecular complexity index is 1490. The van der Waals surface area contributed by atoms with Gasteiger partial charge in [0.1, 0.15) is 13.2 Å². The number of hydrogen-bond acceptors (Lipinski definition) is 6. The maximum atomic E-state index is 12.8. The predicted molar refractivity (Wildman–Crippen MR) is 279 cm³/mol. The van der Waals surface area contributed by atoms with Gasteiger partial charge in [-0.15, -0.1) is 0 Å². The normalized spacial score (nSPS) is 13.3. The van der Waals surface area contributed by atoms with Gasteiger partial charge in [-0.05, 0) is 89.9 Å². The van der Waals surface area contributed by atoms with Gasteiger partial charge in [-0.2, -0.15) is 0 Å². The first-order valence-electron chi connectivity index (χ1n) is 25.5.